The van der Waals surface area contributed by atoms with E-state index in [-0.39, 0.29) is 0 Å². The second-order valence-corrected chi connectivity index (χ2v) is 11.7. The normalized spacial score (nSPS) is 12.7. The molecular weight excluding hydrogens is 532 g/mol. The van der Waals surface area contributed by atoms with Gasteiger partial charge in [0.2, 0.25) is 0 Å². The standard InChI is InChI=1S/C42H30N2/c1-3-13-29(14-4-1)31-17-11-19-33(25-31)43-39-23-9-7-21-35(39)37-28-42-38(27-41(37)43)36-22-8-10-24-40(36)44(42)34-20-12-18-32(26-34)30-15-5-2-6-16-30/h1-7,9-21,23-28H,8,22H2. The average molecular weight is 563 g/mol. The van der Waals surface area contributed by atoms with Gasteiger partial charge in [-0.05, 0) is 89.2 Å². The molecule has 0 bridgehead atoms. The Kier molecular flexibility index (Phi) is 5.67. The van der Waals surface area contributed by atoms with Crippen LogP contribution in [0.4, 0.5) is 0 Å². The molecule has 0 N–H and O–H groups in total. The molecule has 0 aliphatic heterocycles. The Balaban J connectivity index is 1.32. The molecule has 0 radical (unpaired) electrons. The minimum absolute atomic E-state index is 1.04. The number of para-hydroxylation sites is 1. The van der Waals surface area contributed by atoms with Gasteiger partial charge in [0.25, 0.3) is 0 Å². The minimum atomic E-state index is 1.04. The quantitative estimate of drug-likeness (QED) is 0.202. The number of benzene rings is 6. The molecule has 0 spiro atoms. The summed E-state index contributed by atoms with van der Waals surface area (Å²) in [5, 5.41) is 3.89. The molecule has 0 unspecified atom stereocenters. The van der Waals surface area contributed by atoms with E-state index >= 15 is 0 Å². The average Bonchev–Trinajstić information content (AvgIpc) is 3.60. The molecule has 0 amide bonds. The lowest BCUT2D eigenvalue weighted by atomic mass is 10.00. The van der Waals surface area contributed by atoms with Gasteiger partial charge in [-0.15, -0.1) is 0 Å². The minimum Gasteiger partial charge on any atom is -0.310 e. The summed E-state index contributed by atoms with van der Waals surface area (Å²) >= 11 is 0. The molecule has 44 heavy (non-hydrogen) atoms. The molecule has 2 heterocycles. The van der Waals surface area contributed by atoms with Crippen LogP contribution >= 0.6 is 0 Å². The molecule has 0 fully saturated rings. The van der Waals surface area contributed by atoms with Crippen molar-refractivity contribution in [3.63, 3.8) is 0 Å². The number of aromatic nitrogens is 2. The summed E-state index contributed by atoms with van der Waals surface area (Å²) in [5.41, 5.74) is 13.8. The topological polar surface area (TPSA) is 9.86 Å². The van der Waals surface area contributed by atoms with Crippen molar-refractivity contribution in [2.75, 3.05) is 0 Å². The second kappa shape index (κ2) is 10.00. The summed E-state index contributed by atoms with van der Waals surface area (Å²) < 4.78 is 4.93. The summed E-state index contributed by atoms with van der Waals surface area (Å²) in [4.78, 5) is 0. The van der Waals surface area contributed by atoms with E-state index in [2.05, 4.69) is 167 Å². The maximum Gasteiger partial charge on any atom is 0.0548 e. The van der Waals surface area contributed by atoms with Crippen LogP contribution in [0.3, 0.4) is 0 Å². The molecule has 2 aromatic heterocycles. The van der Waals surface area contributed by atoms with Gasteiger partial charge < -0.3 is 9.13 Å². The third-order valence-corrected chi connectivity index (χ3v) is 9.17. The van der Waals surface area contributed by atoms with Crippen LogP contribution in [-0.2, 0) is 6.42 Å². The fourth-order valence-electron chi connectivity index (χ4n) is 7.16. The SMILES string of the molecule is C1=Cc2c(c3cc4c(cc3n2-c2cccc(-c3ccccc3)c2)c2ccccc2n4-c2cccc(-c3ccccc3)c2)CC1. The molecule has 8 aromatic rings. The predicted octanol–water partition coefficient (Wildman–Crippen LogP) is 11.0. The van der Waals surface area contributed by atoms with Crippen LogP contribution in [0, 0.1) is 0 Å². The summed E-state index contributed by atoms with van der Waals surface area (Å²) in [6, 6.07) is 53.0. The molecule has 0 atom stereocenters. The molecule has 0 saturated heterocycles. The number of hydrogen-bond donors (Lipinski definition) is 0. The molecule has 1 aliphatic carbocycles. The first-order valence-electron chi connectivity index (χ1n) is 15.4. The number of rotatable bonds is 4. The van der Waals surface area contributed by atoms with Gasteiger partial charge >= 0.3 is 0 Å². The van der Waals surface area contributed by atoms with Gasteiger partial charge in [-0.1, -0.05) is 109 Å². The van der Waals surface area contributed by atoms with Crippen LogP contribution in [0.2, 0.25) is 0 Å². The van der Waals surface area contributed by atoms with Crippen LogP contribution in [0.1, 0.15) is 17.7 Å². The molecule has 208 valence electrons. The Labute approximate surface area is 256 Å². The lowest BCUT2D eigenvalue weighted by molar-refractivity contribution is 0.968. The monoisotopic (exact) mass is 562 g/mol. The first-order chi connectivity index (χ1) is 21.8. The number of fused-ring (bicyclic) bond motifs is 6. The van der Waals surface area contributed by atoms with Gasteiger partial charge in [0, 0.05) is 33.2 Å². The highest BCUT2D eigenvalue weighted by Crippen LogP contribution is 2.41. The van der Waals surface area contributed by atoms with Crippen molar-refractivity contribution in [2.45, 2.75) is 12.8 Å². The molecule has 2 heteroatoms. The lowest BCUT2D eigenvalue weighted by Crippen LogP contribution is -2.00. The van der Waals surface area contributed by atoms with Gasteiger partial charge in [0.05, 0.1) is 16.6 Å². The van der Waals surface area contributed by atoms with E-state index in [1.165, 1.54) is 77.6 Å². The van der Waals surface area contributed by atoms with E-state index in [0.717, 1.165) is 12.8 Å². The van der Waals surface area contributed by atoms with Crippen LogP contribution in [0.5, 0.6) is 0 Å². The first kappa shape index (κ1) is 24.9. The van der Waals surface area contributed by atoms with Crippen LogP contribution in [0.25, 0.3) is 72.4 Å². The highest BCUT2D eigenvalue weighted by atomic mass is 15.0. The Hall–Kier alpha value is -5.60. The highest BCUT2D eigenvalue weighted by Gasteiger charge is 2.22. The highest BCUT2D eigenvalue weighted by molar-refractivity contribution is 6.14. The predicted molar refractivity (Wildman–Crippen MR) is 186 cm³/mol. The number of aryl methyl sites for hydroxylation is 1. The van der Waals surface area contributed by atoms with Gasteiger partial charge in [0.1, 0.15) is 0 Å². The third kappa shape index (κ3) is 3.88. The largest absolute Gasteiger partial charge is 0.310 e. The van der Waals surface area contributed by atoms with E-state index in [1.54, 1.807) is 0 Å². The zero-order chi connectivity index (χ0) is 29.0. The zero-order valence-corrected chi connectivity index (χ0v) is 24.3. The van der Waals surface area contributed by atoms with Gasteiger partial charge in [-0.3, -0.25) is 0 Å². The molecule has 2 nitrogen and oxygen atoms in total. The maximum absolute atomic E-state index is 2.48. The Morgan fingerprint density at radius 3 is 1.68 bits per heavy atom. The van der Waals surface area contributed by atoms with Gasteiger partial charge in [0.15, 0.2) is 0 Å². The number of allylic oxidation sites excluding steroid dienone is 1. The summed E-state index contributed by atoms with van der Waals surface area (Å²) in [6.45, 7) is 0. The third-order valence-electron chi connectivity index (χ3n) is 9.17. The Bertz CT molecular complexity index is 2370. The van der Waals surface area contributed by atoms with E-state index in [9.17, 15) is 0 Å². The smallest absolute Gasteiger partial charge is 0.0548 e. The van der Waals surface area contributed by atoms with Crippen LogP contribution < -0.4 is 0 Å². The van der Waals surface area contributed by atoms with Crippen molar-refractivity contribution in [2.24, 2.45) is 0 Å². The fourth-order valence-corrected chi connectivity index (χ4v) is 7.16. The zero-order valence-electron chi connectivity index (χ0n) is 24.3. The molecular formula is C42H30N2. The van der Waals surface area contributed by atoms with Crippen molar-refractivity contribution in [1.82, 2.24) is 9.13 Å². The maximum atomic E-state index is 2.48. The van der Waals surface area contributed by atoms with E-state index in [4.69, 9.17) is 0 Å². The van der Waals surface area contributed by atoms with Gasteiger partial charge in [-0.2, -0.15) is 0 Å². The lowest BCUT2D eigenvalue weighted by Gasteiger charge is -2.13. The van der Waals surface area contributed by atoms with E-state index in [0.29, 0.717) is 0 Å². The van der Waals surface area contributed by atoms with Crippen LogP contribution in [0.15, 0.2) is 152 Å². The molecule has 9 rings (SSSR count). The van der Waals surface area contributed by atoms with Crippen molar-refractivity contribution in [1.29, 1.82) is 0 Å². The van der Waals surface area contributed by atoms with Crippen molar-refractivity contribution in [3.8, 4) is 33.6 Å². The number of hydrogen-bond acceptors (Lipinski definition) is 0. The Morgan fingerprint density at radius 2 is 0.977 bits per heavy atom. The second-order valence-electron chi connectivity index (χ2n) is 11.7. The van der Waals surface area contributed by atoms with Crippen molar-refractivity contribution < 1.29 is 0 Å². The van der Waals surface area contributed by atoms with Crippen LogP contribution in [-0.4, -0.2) is 9.13 Å². The van der Waals surface area contributed by atoms with Gasteiger partial charge in [-0.25, -0.2) is 0 Å². The van der Waals surface area contributed by atoms with E-state index < -0.39 is 0 Å². The molecule has 0 saturated carbocycles. The first-order valence-corrected chi connectivity index (χ1v) is 15.4. The summed E-state index contributed by atoms with van der Waals surface area (Å²) in [6.07, 6.45) is 6.76. The van der Waals surface area contributed by atoms with E-state index in [1.807, 2.05) is 0 Å². The summed E-state index contributed by atoms with van der Waals surface area (Å²) in [7, 11) is 0. The van der Waals surface area contributed by atoms with Crippen molar-refractivity contribution >= 4 is 38.8 Å². The fraction of sp³-hybridized carbons (Fsp3) is 0.0476. The molecule has 1 aliphatic rings. The Morgan fingerprint density at radius 1 is 0.409 bits per heavy atom. The molecule has 6 aromatic carbocycles. The summed E-state index contributed by atoms with van der Waals surface area (Å²) in [5.74, 6) is 0. The van der Waals surface area contributed by atoms with Crippen molar-refractivity contribution in [3.05, 3.63) is 163 Å². The number of nitrogens with zero attached hydrogens (tertiary/aromatic N) is 2.